The lowest BCUT2D eigenvalue weighted by molar-refractivity contribution is 0.148. The lowest BCUT2D eigenvalue weighted by atomic mass is 10.1. The summed E-state index contributed by atoms with van der Waals surface area (Å²) in [6.07, 6.45) is -1.72. The molecule has 2 aromatic carbocycles. The number of rotatable bonds is 6. The number of halogens is 3. The summed E-state index contributed by atoms with van der Waals surface area (Å²) in [5, 5.41) is 2.92. The predicted octanol–water partition coefficient (Wildman–Crippen LogP) is 6.18. The van der Waals surface area contributed by atoms with Crippen molar-refractivity contribution in [3.8, 4) is 5.75 Å². The van der Waals surface area contributed by atoms with Crippen molar-refractivity contribution in [3.63, 3.8) is 0 Å². The van der Waals surface area contributed by atoms with Crippen LogP contribution in [0.4, 0.5) is 14.5 Å². The first-order valence-electron chi connectivity index (χ1n) is 8.04. The molecule has 0 unspecified atom stereocenters. The number of thiocarbonyl (C=S) groups is 1. The Bertz CT molecular complexity index is 799. The highest BCUT2D eigenvalue weighted by molar-refractivity contribution is 9.10. The summed E-state index contributed by atoms with van der Waals surface area (Å²) in [6, 6.07) is 8.48. The van der Waals surface area contributed by atoms with Gasteiger partial charge in [-0.15, -0.1) is 0 Å². The van der Waals surface area contributed by atoms with Gasteiger partial charge in [-0.05, 0) is 70.8 Å². The van der Waals surface area contributed by atoms with E-state index in [2.05, 4.69) is 28.2 Å². The van der Waals surface area contributed by atoms with E-state index in [-0.39, 0.29) is 17.3 Å². The molecule has 0 saturated carbocycles. The van der Waals surface area contributed by atoms with Crippen molar-refractivity contribution in [1.29, 1.82) is 0 Å². The molecule has 0 aromatic heterocycles. The normalized spacial score (nSPS) is 10.7. The first kappa shape index (κ1) is 20.6. The molecule has 7 heteroatoms. The largest absolute Gasteiger partial charge is 0.488 e. The summed E-state index contributed by atoms with van der Waals surface area (Å²) in [5.74, 6) is 0.601. The van der Waals surface area contributed by atoms with E-state index in [4.69, 9.17) is 21.7 Å². The highest BCUT2D eigenvalue weighted by Gasteiger charge is 2.18. The third-order valence-electron chi connectivity index (χ3n) is 4.01. The Morgan fingerprint density at radius 3 is 2.65 bits per heavy atom. The van der Waals surface area contributed by atoms with Crippen LogP contribution >= 0.6 is 28.1 Å². The maximum absolute atomic E-state index is 13.4. The SMILES string of the molecule is CCc1cc(Br)c(OCc2c(NC(=S)OC)cccc2C(F)F)cc1C. The van der Waals surface area contributed by atoms with Gasteiger partial charge in [0.1, 0.15) is 12.4 Å². The molecule has 0 saturated heterocycles. The molecule has 0 fully saturated rings. The Kier molecular flexibility index (Phi) is 7.34. The van der Waals surface area contributed by atoms with Crippen molar-refractivity contribution < 1.29 is 18.3 Å². The number of nitrogens with one attached hydrogen (secondary N) is 1. The van der Waals surface area contributed by atoms with Crippen LogP contribution in [0.1, 0.15) is 35.6 Å². The monoisotopic (exact) mass is 443 g/mol. The fourth-order valence-corrected chi connectivity index (χ4v) is 3.20. The van der Waals surface area contributed by atoms with Gasteiger partial charge in [-0.1, -0.05) is 19.1 Å². The second-order valence-corrected chi connectivity index (χ2v) is 6.87. The van der Waals surface area contributed by atoms with E-state index < -0.39 is 6.43 Å². The Labute approximate surface area is 165 Å². The van der Waals surface area contributed by atoms with Gasteiger partial charge in [0.15, 0.2) is 0 Å². The Morgan fingerprint density at radius 1 is 1.31 bits per heavy atom. The minimum atomic E-state index is -2.63. The van der Waals surface area contributed by atoms with E-state index in [1.165, 1.54) is 18.7 Å². The Morgan fingerprint density at radius 2 is 2.04 bits per heavy atom. The molecule has 140 valence electrons. The van der Waals surface area contributed by atoms with Gasteiger partial charge in [0.05, 0.1) is 11.6 Å². The number of aryl methyl sites for hydroxylation is 2. The molecule has 2 rings (SSSR count). The Hall–Kier alpha value is -1.73. The lowest BCUT2D eigenvalue weighted by Gasteiger charge is -2.18. The fourth-order valence-electron chi connectivity index (χ4n) is 2.59. The molecule has 0 aliphatic rings. The molecule has 0 aliphatic heterocycles. The van der Waals surface area contributed by atoms with Crippen LogP contribution in [-0.2, 0) is 17.8 Å². The first-order valence-corrected chi connectivity index (χ1v) is 9.24. The van der Waals surface area contributed by atoms with E-state index in [0.29, 0.717) is 17.0 Å². The zero-order valence-corrected chi connectivity index (χ0v) is 17.1. The number of alkyl halides is 2. The molecule has 26 heavy (non-hydrogen) atoms. The molecule has 0 amide bonds. The molecule has 0 atom stereocenters. The second-order valence-electron chi connectivity index (χ2n) is 5.64. The van der Waals surface area contributed by atoms with Crippen LogP contribution < -0.4 is 10.1 Å². The smallest absolute Gasteiger partial charge is 0.264 e. The molecule has 1 N–H and O–H groups in total. The van der Waals surface area contributed by atoms with Crippen molar-refractivity contribution in [2.75, 3.05) is 12.4 Å². The molecule has 0 aliphatic carbocycles. The third-order valence-corrected chi connectivity index (χ3v) is 4.90. The summed E-state index contributed by atoms with van der Waals surface area (Å²) < 4.78 is 38.4. The number of benzene rings is 2. The zero-order chi connectivity index (χ0) is 19.3. The number of hydrogen-bond acceptors (Lipinski definition) is 3. The van der Waals surface area contributed by atoms with Gasteiger partial charge >= 0.3 is 0 Å². The zero-order valence-electron chi connectivity index (χ0n) is 14.7. The molecule has 0 radical (unpaired) electrons. The molecular weight excluding hydrogens is 424 g/mol. The van der Waals surface area contributed by atoms with E-state index in [9.17, 15) is 8.78 Å². The summed E-state index contributed by atoms with van der Waals surface area (Å²) in [4.78, 5) is 0. The van der Waals surface area contributed by atoms with Gasteiger partial charge in [0.2, 0.25) is 0 Å². The standard InChI is InChI=1S/C19H20BrF2NO2S/c1-4-12-9-15(20)17(8-11(12)2)25-10-14-13(18(21)22)6-5-7-16(14)23-19(26)24-3/h5-9,18H,4,10H2,1-3H3,(H,23,26). The van der Waals surface area contributed by atoms with E-state index >= 15 is 0 Å². The van der Waals surface area contributed by atoms with Crippen LogP contribution in [0.2, 0.25) is 0 Å². The molecular formula is C19H20BrF2NO2S. The molecule has 0 bridgehead atoms. The van der Waals surface area contributed by atoms with Crippen LogP contribution in [0.15, 0.2) is 34.8 Å². The average Bonchev–Trinajstić information content (AvgIpc) is 2.62. The van der Waals surface area contributed by atoms with E-state index in [1.54, 1.807) is 12.1 Å². The summed E-state index contributed by atoms with van der Waals surface area (Å²) >= 11 is 8.46. The van der Waals surface area contributed by atoms with E-state index in [1.807, 2.05) is 19.1 Å². The first-order chi connectivity index (χ1) is 12.4. The van der Waals surface area contributed by atoms with Gasteiger partial charge in [-0.25, -0.2) is 8.78 Å². The molecule has 2 aromatic rings. The highest BCUT2D eigenvalue weighted by atomic mass is 79.9. The summed E-state index contributed by atoms with van der Waals surface area (Å²) in [5.41, 5.74) is 2.96. The topological polar surface area (TPSA) is 30.5 Å². The second kappa shape index (κ2) is 9.28. The fraction of sp³-hybridized carbons (Fsp3) is 0.316. The van der Waals surface area contributed by atoms with Gasteiger partial charge in [0, 0.05) is 16.8 Å². The van der Waals surface area contributed by atoms with Crippen molar-refractivity contribution in [3.05, 3.63) is 57.1 Å². The van der Waals surface area contributed by atoms with Crippen molar-refractivity contribution >= 4 is 39.0 Å². The number of hydrogen-bond donors (Lipinski definition) is 1. The van der Waals surface area contributed by atoms with Gasteiger partial charge in [-0.3, -0.25) is 0 Å². The highest BCUT2D eigenvalue weighted by Crippen LogP contribution is 2.33. The van der Waals surface area contributed by atoms with Crippen LogP contribution in [-0.4, -0.2) is 12.3 Å². The molecule has 0 spiro atoms. The molecule has 0 heterocycles. The summed E-state index contributed by atoms with van der Waals surface area (Å²) in [6.45, 7) is 4.04. The van der Waals surface area contributed by atoms with Gasteiger partial charge < -0.3 is 14.8 Å². The van der Waals surface area contributed by atoms with Crippen LogP contribution in [0.5, 0.6) is 5.75 Å². The predicted molar refractivity (Wildman–Crippen MR) is 107 cm³/mol. The van der Waals surface area contributed by atoms with Crippen molar-refractivity contribution in [2.45, 2.75) is 33.3 Å². The number of methoxy groups -OCH3 is 1. The minimum absolute atomic E-state index is 0.0291. The average molecular weight is 444 g/mol. The van der Waals surface area contributed by atoms with Crippen LogP contribution in [0.25, 0.3) is 0 Å². The molecule has 3 nitrogen and oxygen atoms in total. The third kappa shape index (κ3) is 4.92. The Balaban J connectivity index is 2.33. The van der Waals surface area contributed by atoms with Crippen LogP contribution in [0, 0.1) is 6.92 Å². The van der Waals surface area contributed by atoms with Gasteiger partial charge in [-0.2, -0.15) is 0 Å². The van der Waals surface area contributed by atoms with Crippen LogP contribution in [0.3, 0.4) is 0 Å². The van der Waals surface area contributed by atoms with Crippen molar-refractivity contribution in [2.24, 2.45) is 0 Å². The maximum atomic E-state index is 13.4. The number of ether oxygens (including phenoxy) is 2. The quantitative estimate of drug-likeness (QED) is 0.539. The number of anilines is 1. The van der Waals surface area contributed by atoms with Gasteiger partial charge in [0.25, 0.3) is 11.6 Å². The maximum Gasteiger partial charge on any atom is 0.264 e. The minimum Gasteiger partial charge on any atom is -0.488 e. The lowest BCUT2D eigenvalue weighted by Crippen LogP contribution is -2.14. The van der Waals surface area contributed by atoms with Crippen molar-refractivity contribution in [1.82, 2.24) is 0 Å². The summed E-state index contributed by atoms with van der Waals surface area (Å²) in [7, 11) is 1.41. The van der Waals surface area contributed by atoms with E-state index in [0.717, 1.165) is 16.5 Å².